The Morgan fingerprint density at radius 2 is 1.81 bits per heavy atom. The molecule has 3 amide bonds. The summed E-state index contributed by atoms with van der Waals surface area (Å²) in [7, 11) is 3.23. The molecule has 0 aromatic heterocycles. The average Bonchev–Trinajstić information content (AvgIpc) is 2.68. The monoisotopic (exact) mass is 361 g/mol. The maximum absolute atomic E-state index is 12.0. The Bertz CT molecular complexity index is 645. The summed E-state index contributed by atoms with van der Waals surface area (Å²) in [5, 5.41) is 1.53. The van der Waals surface area contributed by atoms with Crippen molar-refractivity contribution in [3.63, 3.8) is 0 Å². The highest BCUT2D eigenvalue weighted by Crippen LogP contribution is 2.28. The van der Waals surface area contributed by atoms with Crippen molar-refractivity contribution in [1.29, 1.82) is 0 Å². The minimum absolute atomic E-state index is 0.180. The molecule has 2 aliphatic rings. The number of likely N-dealkylation sites (N-methyl/N-ethyl adjacent to an activating group) is 1. The van der Waals surface area contributed by atoms with Gasteiger partial charge in [-0.25, -0.2) is 10.2 Å². The molecule has 2 fully saturated rings. The number of carbonyl (C=O) groups is 2. The maximum Gasteiger partial charge on any atom is 0.340 e. The quantitative estimate of drug-likeness (QED) is 0.801. The number of methoxy groups -OCH3 is 1. The zero-order chi connectivity index (χ0) is 18.5. The summed E-state index contributed by atoms with van der Waals surface area (Å²) in [5.74, 6) is 0.716. The topological polar surface area (TPSA) is 68.4 Å². The van der Waals surface area contributed by atoms with Crippen molar-refractivity contribution < 1.29 is 14.3 Å². The minimum atomic E-state index is -0.276. The van der Waals surface area contributed by atoms with Crippen molar-refractivity contribution in [2.45, 2.75) is 6.42 Å². The van der Waals surface area contributed by atoms with Crippen molar-refractivity contribution >= 4 is 17.6 Å². The number of hydrazine groups is 1. The van der Waals surface area contributed by atoms with Crippen LogP contribution in [-0.4, -0.2) is 86.7 Å². The number of para-hydroxylation sites is 2. The van der Waals surface area contributed by atoms with Gasteiger partial charge in [-0.2, -0.15) is 0 Å². The van der Waals surface area contributed by atoms with E-state index in [1.54, 1.807) is 7.11 Å². The van der Waals surface area contributed by atoms with E-state index in [1.165, 1.54) is 17.0 Å². The third-order valence-corrected chi connectivity index (χ3v) is 4.97. The van der Waals surface area contributed by atoms with Gasteiger partial charge in [0.25, 0.3) is 0 Å². The number of ether oxygens (including phenoxy) is 1. The molecular formula is C18H27N5O3. The third kappa shape index (κ3) is 4.08. The highest BCUT2D eigenvalue weighted by Gasteiger charge is 2.28. The van der Waals surface area contributed by atoms with Crippen LogP contribution in [0.25, 0.3) is 0 Å². The standard InChI is InChI=1S/C18H27N5O3/c1-20-17(24)14-19-23(18(20)25)9-5-8-21-10-12-22(13-11-21)15-6-3-4-7-16(15)26-2/h3-4,6-7,19H,5,8-14H2,1-2H3. The van der Waals surface area contributed by atoms with E-state index < -0.39 is 0 Å². The molecule has 1 aromatic carbocycles. The molecule has 2 saturated heterocycles. The van der Waals surface area contributed by atoms with E-state index in [-0.39, 0.29) is 18.5 Å². The first-order chi connectivity index (χ1) is 12.6. The summed E-state index contributed by atoms with van der Waals surface area (Å²) in [4.78, 5) is 29.4. The fraction of sp³-hybridized carbons (Fsp3) is 0.556. The Morgan fingerprint density at radius 1 is 1.08 bits per heavy atom. The van der Waals surface area contributed by atoms with Gasteiger partial charge in [0.2, 0.25) is 5.91 Å². The Morgan fingerprint density at radius 3 is 2.54 bits per heavy atom. The largest absolute Gasteiger partial charge is 0.495 e. The Labute approximate surface area is 154 Å². The summed E-state index contributed by atoms with van der Waals surface area (Å²) in [6.45, 7) is 5.60. The van der Waals surface area contributed by atoms with Crippen molar-refractivity contribution in [3.8, 4) is 5.75 Å². The van der Waals surface area contributed by atoms with Crippen LogP contribution in [0, 0.1) is 0 Å². The fourth-order valence-electron chi connectivity index (χ4n) is 3.37. The van der Waals surface area contributed by atoms with E-state index in [0.717, 1.165) is 50.6 Å². The molecule has 0 unspecified atom stereocenters. The molecule has 0 aliphatic carbocycles. The molecule has 0 bridgehead atoms. The number of amides is 3. The van der Waals surface area contributed by atoms with Crippen molar-refractivity contribution in [2.75, 3.05) is 64.9 Å². The molecule has 26 heavy (non-hydrogen) atoms. The molecule has 1 aromatic rings. The van der Waals surface area contributed by atoms with Gasteiger partial charge in [0.05, 0.1) is 19.3 Å². The highest BCUT2D eigenvalue weighted by molar-refractivity contribution is 5.96. The Balaban J connectivity index is 1.42. The van der Waals surface area contributed by atoms with Gasteiger partial charge in [-0.05, 0) is 18.6 Å². The number of benzene rings is 1. The Hall–Kier alpha value is -2.32. The van der Waals surface area contributed by atoms with E-state index in [4.69, 9.17) is 4.74 Å². The zero-order valence-electron chi connectivity index (χ0n) is 15.5. The number of piperazine rings is 1. The Kier molecular flexibility index (Phi) is 5.95. The molecule has 0 saturated carbocycles. The summed E-state index contributed by atoms with van der Waals surface area (Å²) in [6, 6.07) is 7.84. The molecular weight excluding hydrogens is 334 g/mol. The van der Waals surface area contributed by atoms with E-state index in [0.29, 0.717) is 6.54 Å². The van der Waals surface area contributed by atoms with Gasteiger partial charge in [-0.3, -0.25) is 19.6 Å². The van der Waals surface area contributed by atoms with E-state index in [9.17, 15) is 9.59 Å². The number of anilines is 1. The molecule has 8 nitrogen and oxygen atoms in total. The number of carbonyl (C=O) groups excluding carboxylic acids is 2. The normalized spacial score (nSPS) is 19.2. The van der Waals surface area contributed by atoms with Crippen LogP contribution >= 0.6 is 0 Å². The number of nitrogens with zero attached hydrogens (tertiary/aromatic N) is 4. The predicted molar refractivity (Wildman–Crippen MR) is 99.1 cm³/mol. The van der Waals surface area contributed by atoms with Gasteiger partial charge in [0.1, 0.15) is 5.75 Å². The predicted octanol–water partition coefficient (Wildman–Crippen LogP) is 0.606. The minimum Gasteiger partial charge on any atom is -0.495 e. The van der Waals surface area contributed by atoms with E-state index >= 15 is 0 Å². The maximum atomic E-state index is 12.0. The second-order valence-electron chi connectivity index (χ2n) is 6.58. The number of hydrogen-bond acceptors (Lipinski definition) is 6. The number of rotatable bonds is 6. The van der Waals surface area contributed by atoms with Crippen LogP contribution in [0.2, 0.25) is 0 Å². The lowest BCUT2D eigenvalue weighted by molar-refractivity contribution is -0.130. The fourth-order valence-corrected chi connectivity index (χ4v) is 3.37. The number of imide groups is 1. The SMILES string of the molecule is COc1ccccc1N1CCN(CCCN2NCC(=O)N(C)C2=O)CC1. The second-order valence-corrected chi connectivity index (χ2v) is 6.58. The highest BCUT2D eigenvalue weighted by atomic mass is 16.5. The van der Waals surface area contributed by atoms with Gasteiger partial charge in [-0.1, -0.05) is 12.1 Å². The molecule has 8 heteroatoms. The van der Waals surface area contributed by atoms with Crippen LogP contribution in [0.3, 0.4) is 0 Å². The first-order valence-electron chi connectivity index (χ1n) is 9.02. The molecule has 2 heterocycles. The summed E-state index contributed by atoms with van der Waals surface area (Å²) < 4.78 is 5.46. The number of hydrogen-bond donors (Lipinski definition) is 1. The zero-order valence-corrected chi connectivity index (χ0v) is 15.5. The van der Waals surface area contributed by atoms with Gasteiger partial charge in [0.15, 0.2) is 0 Å². The molecule has 3 rings (SSSR count). The lowest BCUT2D eigenvalue weighted by Crippen LogP contribution is -2.59. The summed E-state index contributed by atoms with van der Waals surface area (Å²) in [5.41, 5.74) is 4.02. The van der Waals surface area contributed by atoms with Crippen LogP contribution in [-0.2, 0) is 4.79 Å². The molecule has 1 N–H and O–H groups in total. The van der Waals surface area contributed by atoms with E-state index in [1.807, 2.05) is 18.2 Å². The van der Waals surface area contributed by atoms with Crippen LogP contribution in [0.15, 0.2) is 24.3 Å². The number of urea groups is 1. The van der Waals surface area contributed by atoms with Gasteiger partial charge < -0.3 is 9.64 Å². The first-order valence-corrected chi connectivity index (χ1v) is 9.02. The van der Waals surface area contributed by atoms with Crippen LogP contribution < -0.4 is 15.1 Å². The third-order valence-electron chi connectivity index (χ3n) is 4.97. The molecule has 0 radical (unpaired) electrons. The molecule has 0 spiro atoms. The first kappa shape index (κ1) is 18.5. The van der Waals surface area contributed by atoms with Crippen LogP contribution in [0.5, 0.6) is 5.75 Å². The molecule has 142 valence electrons. The average molecular weight is 361 g/mol. The van der Waals surface area contributed by atoms with Gasteiger partial charge >= 0.3 is 6.03 Å². The molecule has 2 aliphatic heterocycles. The van der Waals surface area contributed by atoms with Crippen molar-refractivity contribution in [3.05, 3.63) is 24.3 Å². The lowest BCUT2D eigenvalue weighted by Gasteiger charge is -2.37. The van der Waals surface area contributed by atoms with Crippen molar-refractivity contribution in [2.24, 2.45) is 0 Å². The number of nitrogens with one attached hydrogen (secondary N) is 1. The summed E-state index contributed by atoms with van der Waals surface area (Å²) >= 11 is 0. The second kappa shape index (κ2) is 8.37. The smallest absolute Gasteiger partial charge is 0.340 e. The van der Waals surface area contributed by atoms with Crippen LogP contribution in [0.1, 0.15) is 6.42 Å². The van der Waals surface area contributed by atoms with Crippen LogP contribution in [0.4, 0.5) is 10.5 Å². The van der Waals surface area contributed by atoms with Gasteiger partial charge in [0, 0.05) is 46.3 Å². The van der Waals surface area contributed by atoms with Crippen molar-refractivity contribution in [1.82, 2.24) is 20.2 Å². The summed E-state index contributed by atoms with van der Waals surface area (Å²) in [6.07, 6.45) is 0.870. The molecule has 0 atom stereocenters. The lowest BCUT2D eigenvalue weighted by atomic mass is 10.2. The van der Waals surface area contributed by atoms with E-state index in [2.05, 4.69) is 21.3 Å². The van der Waals surface area contributed by atoms with Gasteiger partial charge in [-0.15, -0.1) is 0 Å².